The van der Waals surface area contributed by atoms with Crippen molar-refractivity contribution < 1.29 is 9.84 Å². The van der Waals surface area contributed by atoms with Crippen molar-refractivity contribution in [3.05, 3.63) is 12.2 Å². The molecule has 3 atom stereocenters. The molecule has 0 aromatic heterocycles. The molecule has 1 aliphatic rings. The SMILES string of the molecule is C=C1[C@@H](BC)C[C@@H](OC)[C@H]1CCO. The molecule has 0 radical (unpaired) electrons. The Kier molecular flexibility index (Phi) is 4.01. The molecule has 0 aromatic carbocycles. The van der Waals surface area contributed by atoms with E-state index in [1.54, 1.807) is 7.11 Å². The highest BCUT2D eigenvalue weighted by atomic mass is 16.5. The van der Waals surface area contributed by atoms with Crippen LogP contribution in [0.25, 0.3) is 0 Å². The van der Waals surface area contributed by atoms with E-state index in [0.29, 0.717) is 11.7 Å². The van der Waals surface area contributed by atoms with Crippen LogP contribution in [0.4, 0.5) is 0 Å². The zero-order valence-corrected chi connectivity index (χ0v) is 8.62. The van der Waals surface area contributed by atoms with Crippen molar-refractivity contribution in [1.82, 2.24) is 0 Å². The molecule has 0 saturated heterocycles. The van der Waals surface area contributed by atoms with Crippen LogP contribution >= 0.6 is 0 Å². The summed E-state index contributed by atoms with van der Waals surface area (Å²) in [5.74, 6) is 0.974. The summed E-state index contributed by atoms with van der Waals surface area (Å²) in [5, 5.41) is 8.92. The first kappa shape index (κ1) is 10.8. The molecule has 0 bridgehead atoms. The minimum absolute atomic E-state index is 0.236. The third-order valence-electron chi connectivity index (χ3n) is 3.20. The van der Waals surface area contributed by atoms with Gasteiger partial charge in [-0.15, -0.1) is 0 Å². The molecule has 0 aliphatic heterocycles. The van der Waals surface area contributed by atoms with E-state index in [4.69, 9.17) is 9.84 Å². The minimum atomic E-state index is 0.236. The molecule has 1 fully saturated rings. The summed E-state index contributed by atoms with van der Waals surface area (Å²) in [5.41, 5.74) is 1.28. The van der Waals surface area contributed by atoms with E-state index in [0.717, 1.165) is 20.1 Å². The Bertz CT molecular complexity index is 182. The second kappa shape index (κ2) is 4.82. The standard InChI is InChI=1S/C10H19BO2/c1-7-8(4-5-12)10(13-3)6-9(7)11-2/h8-12H,1,4-6H2,2-3H3/t8-,9-,10+/m0/s1. The van der Waals surface area contributed by atoms with Gasteiger partial charge in [0.1, 0.15) is 7.28 Å². The van der Waals surface area contributed by atoms with E-state index in [1.165, 1.54) is 5.57 Å². The smallest absolute Gasteiger partial charge is 0.126 e. The quantitative estimate of drug-likeness (QED) is 0.523. The van der Waals surface area contributed by atoms with Gasteiger partial charge >= 0.3 is 0 Å². The van der Waals surface area contributed by atoms with Crippen molar-refractivity contribution in [3.63, 3.8) is 0 Å². The van der Waals surface area contributed by atoms with Crippen molar-refractivity contribution in [2.45, 2.75) is 31.6 Å². The fourth-order valence-corrected chi connectivity index (χ4v) is 2.34. The fourth-order valence-electron chi connectivity index (χ4n) is 2.34. The number of methoxy groups -OCH3 is 1. The van der Waals surface area contributed by atoms with Gasteiger partial charge in [0.05, 0.1) is 6.10 Å². The van der Waals surface area contributed by atoms with Gasteiger partial charge in [-0.2, -0.15) is 0 Å². The van der Waals surface area contributed by atoms with Crippen LogP contribution in [0.1, 0.15) is 12.8 Å². The molecule has 0 spiro atoms. The van der Waals surface area contributed by atoms with Gasteiger partial charge in [0.25, 0.3) is 0 Å². The lowest BCUT2D eigenvalue weighted by Gasteiger charge is -2.17. The lowest BCUT2D eigenvalue weighted by atomic mass is 9.64. The maximum absolute atomic E-state index is 8.92. The summed E-state index contributed by atoms with van der Waals surface area (Å²) in [7, 11) is 2.89. The van der Waals surface area contributed by atoms with Crippen LogP contribution in [0.2, 0.25) is 12.6 Å². The molecule has 74 valence electrons. The summed E-state index contributed by atoms with van der Waals surface area (Å²) in [4.78, 5) is 0. The van der Waals surface area contributed by atoms with Gasteiger partial charge in [-0.25, -0.2) is 0 Å². The van der Waals surface area contributed by atoms with E-state index in [1.807, 2.05) is 0 Å². The van der Waals surface area contributed by atoms with E-state index in [2.05, 4.69) is 13.4 Å². The number of ether oxygens (including phenoxy) is 1. The second-order valence-electron chi connectivity index (χ2n) is 3.81. The van der Waals surface area contributed by atoms with Crippen molar-refractivity contribution >= 4 is 7.28 Å². The molecular weight excluding hydrogens is 163 g/mol. The zero-order chi connectivity index (χ0) is 9.84. The molecule has 0 amide bonds. The first-order valence-electron chi connectivity index (χ1n) is 5.06. The van der Waals surface area contributed by atoms with Crippen LogP contribution in [0.15, 0.2) is 12.2 Å². The number of aliphatic hydroxyl groups excluding tert-OH is 1. The number of hydrogen-bond acceptors (Lipinski definition) is 2. The molecule has 2 nitrogen and oxygen atoms in total. The van der Waals surface area contributed by atoms with E-state index < -0.39 is 0 Å². The molecule has 1 N–H and O–H groups in total. The Labute approximate surface area is 81.2 Å². The number of aliphatic hydroxyl groups is 1. The Hall–Kier alpha value is -0.275. The van der Waals surface area contributed by atoms with Crippen LogP contribution < -0.4 is 0 Å². The zero-order valence-electron chi connectivity index (χ0n) is 8.62. The van der Waals surface area contributed by atoms with Crippen LogP contribution in [0.5, 0.6) is 0 Å². The Morgan fingerprint density at radius 2 is 2.38 bits per heavy atom. The van der Waals surface area contributed by atoms with Gasteiger partial charge in [-0.05, 0) is 18.7 Å². The molecule has 0 aromatic rings. The van der Waals surface area contributed by atoms with Gasteiger partial charge in [0.2, 0.25) is 0 Å². The molecular formula is C10H19BO2. The Morgan fingerprint density at radius 3 is 2.85 bits per heavy atom. The first-order valence-corrected chi connectivity index (χ1v) is 5.06. The highest BCUT2D eigenvalue weighted by molar-refractivity contribution is 6.37. The van der Waals surface area contributed by atoms with E-state index >= 15 is 0 Å². The van der Waals surface area contributed by atoms with Crippen LogP contribution in [-0.2, 0) is 4.74 Å². The maximum atomic E-state index is 8.92. The monoisotopic (exact) mass is 182 g/mol. The van der Waals surface area contributed by atoms with Crippen molar-refractivity contribution in [2.24, 2.45) is 5.92 Å². The van der Waals surface area contributed by atoms with Crippen molar-refractivity contribution in [1.29, 1.82) is 0 Å². The average molecular weight is 182 g/mol. The van der Waals surface area contributed by atoms with Gasteiger partial charge < -0.3 is 9.84 Å². The highest BCUT2D eigenvalue weighted by Crippen LogP contribution is 2.42. The summed E-state index contributed by atoms with van der Waals surface area (Å²) in [6, 6.07) is 0. The van der Waals surface area contributed by atoms with Gasteiger partial charge in [-0.1, -0.05) is 19.0 Å². The highest BCUT2D eigenvalue weighted by Gasteiger charge is 2.36. The lowest BCUT2D eigenvalue weighted by Crippen LogP contribution is -2.18. The summed E-state index contributed by atoms with van der Waals surface area (Å²) < 4.78 is 5.41. The third-order valence-corrected chi connectivity index (χ3v) is 3.20. The number of rotatable bonds is 4. The van der Waals surface area contributed by atoms with Gasteiger partial charge in [-0.3, -0.25) is 0 Å². The predicted octanol–water partition coefficient (Wildman–Crippen LogP) is 1.23. The number of hydrogen-bond donors (Lipinski definition) is 1. The summed E-state index contributed by atoms with van der Waals surface area (Å²) >= 11 is 0. The van der Waals surface area contributed by atoms with Crippen LogP contribution in [0.3, 0.4) is 0 Å². The largest absolute Gasteiger partial charge is 0.396 e. The average Bonchev–Trinajstić information content (AvgIpc) is 2.45. The van der Waals surface area contributed by atoms with Crippen LogP contribution in [0, 0.1) is 5.92 Å². The lowest BCUT2D eigenvalue weighted by molar-refractivity contribution is 0.0682. The molecule has 13 heavy (non-hydrogen) atoms. The third kappa shape index (κ3) is 2.15. The normalized spacial score (nSPS) is 33.8. The molecule has 3 heteroatoms. The minimum Gasteiger partial charge on any atom is -0.396 e. The van der Waals surface area contributed by atoms with E-state index in [-0.39, 0.29) is 12.7 Å². The first-order chi connectivity index (χ1) is 6.24. The summed E-state index contributed by atoms with van der Waals surface area (Å²) in [6.07, 6.45) is 2.16. The van der Waals surface area contributed by atoms with Crippen LogP contribution in [-0.4, -0.2) is 32.2 Å². The molecule has 1 rings (SSSR count). The van der Waals surface area contributed by atoms with Gasteiger partial charge in [0, 0.05) is 19.6 Å². The Morgan fingerprint density at radius 1 is 1.69 bits per heavy atom. The van der Waals surface area contributed by atoms with Crippen molar-refractivity contribution in [3.8, 4) is 0 Å². The van der Waals surface area contributed by atoms with Gasteiger partial charge in [0.15, 0.2) is 0 Å². The maximum Gasteiger partial charge on any atom is 0.126 e. The molecule has 0 heterocycles. The van der Waals surface area contributed by atoms with E-state index in [9.17, 15) is 0 Å². The second-order valence-corrected chi connectivity index (χ2v) is 3.81. The van der Waals surface area contributed by atoms with Crippen molar-refractivity contribution in [2.75, 3.05) is 13.7 Å². The molecule has 0 unspecified atom stereocenters. The summed E-state index contributed by atoms with van der Waals surface area (Å²) in [6.45, 7) is 6.53. The molecule has 1 saturated carbocycles. The predicted molar refractivity (Wildman–Crippen MR) is 56.5 cm³/mol. The molecule has 1 aliphatic carbocycles. The Balaban J connectivity index is 2.62. The topological polar surface area (TPSA) is 29.5 Å². The fraction of sp³-hybridized carbons (Fsp3) is 0.800.